The molecule has 1 amide bonds. The number of nitrogens with zero attached hydrogens (tertiary/aromatic N) is 3. The predicted octanol–water partition coefficient (Wildman–Crippen LogP) is 4.09. The summed E-state index contributed by atoms with van der Waals surface area (Å²) < 4.78 is 20.7. The molecular weight excluding hydrogens is 385 g/mol. The molecule has 1 aliphatic rings. The Labute approximate surface area is 170 Å². The second-order valence-electron chi connectivity index (χ2n) is 7.25. The smallest absolute Gasteiger partial charge is 0.297 e. The number of anilines is 1. The molecule has 148 valence electrons. The van der Waals surface area contributed by atoms with Crippen molar-refractivity contribution >= 4 is 22.8 Å². The van der Waals surface area contributed by atoms with Crippen molar-refractivity contribution in [2.24, 2.45) is 0 Å². The Hall–Kier alpha value is -3.87. The Morgan fingerprint density at radius 3 is 2.43 bits per heavy atom. The van der Waals surface area contributed by atoms with Crippen molar-refractivity contribution in [2.45, 2.75) is 19.9 Å². The summed E-state index contributed by atoms with van der Waals surface area (Å²) in [5, 5.41) is 0.349. The molecule has 0 spiro atoms. The predicted molar refractivity (Wildman–Crippen MR) is 109 cm³/mol. The summed E-state index contributed by atoms with van der Waals surface area (Å²) >= 11 is 0. The third-order valence-corrected chi connectivity index (χ3v) is 5.45. The van der Waals surface area contributed by atoms with Crippen molar-refractivity contribution in [1.82, 2.24) is 9.97 Å². The maximum Gasteiger partial charge on any atom is 0.297 e. The van der Waals surface area contributed by atoms with E-state index in [1.165, 1.54) is 23.4 Å². The SMILES string of the molecule is Cc1cc2oc3c(c(=O)c2cc1C)C(c1ccccc1F)N(c1ncccn1)C3=O. The van der Waals surface area contributed by atoms with Gasteiger partial charge in [0.2, 0.25) is 11.7 Å². The molecule has 5 rings (SSSR count). The van der Waals surface area contributed by atoms with Crippen molar-refractivity contribution in [1.29, 1.82) is 0 Å². The van der Waals surface area contributed by atoms with E-state index in [0.29, 0.717) is 11.0 Å². The van der Waals surface area contributed by atoms with Crippen molar-refractivity contribution in [2.75, 3.05) is 4.90 Å². The van der Waals surface area contributed by atoms with Crippen LogP contribution in [0.25, 0.3) is 11.0 Å². The summed E-state index contributed by atoms with van der Waals surface area (Å²) in [6.07, 6.45) is 2.96. The van der Waals surface area contributed by atoms with Gasteiger partial charge in [-0.2, -0.15) is 0 Å². The number of benzene rings is 2. The van der Waals surface area contributed by atoms with Crippen LogP contribution in [0.15, 0.2) is 64.1 Å². The molecule has 1 atom stereocenters. The van der Waals surface area contributed by atoms with Gasteiger partial charge < -0.3 is 4.42 Å². The van der Waals surface area contributed by atoms with E-state index in [-0.39, 0.29) is 28.3 Å². The van der Waals surface area contributed by atoms with Gasteiger partial charge >= 0.3 is 0 Å². The molecule has 2 aromatic carbocycles. The van der Waals surface area contributed by atoms with E-state index in [1.54, 1.807) is 36.4 Å². The van der Waals surface area contributed by atoms with E-state index >= 15 is 0 Å². The minimum absolute atomic E-state index is 0.0676. The van der Waals surface area contributed by atoms with Crippen LogP contribution in [-0.4, -0.2) is 15.9 Å². The van der Waals surface area contributed by atoms with E-state index in [9.17, 15) is 14.0 Å². The maximum absolute atomic E-state index is 14.8. The Balaban J connectivity index is 1.86. The molecule has 0 aliphatic carbocycles. The number of rotatable bonds is 2. The summed E-state index contributed by atoms with van der Waals surface area (Å²) in [6.45, 7) is 3.79. The molecular formula is C23H16FN3O3. The van der Waals surface area contributed by atoms with Crippen molar-refractivity contribution in [3.05, 3.63) is 98.9 Å². The fraction of sp³-hybridized carbons (Fsp3) is 0.130. The lowest BCUT2D eigenvalue weighted by Crippen LogP contribution is -2.31. The molecule has 0 radical (unpaired) electrons. The number of hydrogen-bond acceptors (Lipinski definition) is 5. The second kappa shape index (κ2) is 6.59. The van der Waals surface area contributed by atoms with Gasteiger partial charge in [0.15, 0.2) is 5.43 Å². The van der Waals surface area contributed by atoms with Gasteiger partial charge in [-0.3, -0.25) is 14.5 Å². The quantitative estimate of drug-likeness (QED) is 0.506. The summed E-state index contributed by atoms with van der Waals surface area (Å²) in [6, 6.07) is 10.1. The van der Waals surface area contributed by atoms with Gasteiger partial charge in [-0.1, -0.05) is 18.2 Å². The van der Waals surface area contributed by atoms with E-state index in [4.69, 9.17) is 4.42 Å². The largest absolute Gasteiger partial charge is 0.450 e. The third-order valence-electron chi connectivity index (χ3n) is 5.45. The van der Waals surface area contributed by atoms with Gasteiger partial charge in [-0.05, 0) is 49.2 Å². The van der Waals surface area contributed by atoms with Gasteiger partial charge in [-0.15, -0.1) is 0 Å². The number of carbonyl (C=O) groups excluding carboxylic acids is 1. The first-order chi connectivity index (χ1) is 14.5. The van der Waals surface area contributed by atoms with Crippen LogP contribution >= 0.6 is 0 Å². The lowest BCUT2D eigenvalue weighted by atomic mass is 9.97. The van der Waals surface area contributed by atoms with Crippen molar-refractivity contribution in [3.63, 3.8) is 0 Å². The lowest BCUT2D eigenvalue weighted by molar-refractivity contribution is 0.0969. The highest BCUT2D eigenvalue weighted by Gasteiger charge is 2.45. The van der Waals surface area contributed by atoms with E-state index in [1.807, 2.05) is 13.8 Å². The van der Waals surface area contributed by atoms with Crippen LogP contribution in [0, 0.1) is 19.7 Å². The lowest BCUT2D eigenvalue weighted by Gasteiger charge is -2.23. The normalized spacial score (nSPS) is 15.6. The summed E-state index contributed by atoms with van der Waals surface area (Å²) in [5.41, 5.74) is 2.07. The standard InChI is InChI=1S/C23H16FN3O3/c1-12-10-15-17(11-13(12)2)30-21-18(20(15)28)19(14-6-3-4-7-16(14)24)27(22(21)29)23-25-8-5-9-26-23/h3-11,19H,1-2H3. The number of amides is 1. The van der Waals surface area contributed by atoms with Gasteiger partial charge in [0, 0.05) is 18.0 Å². The number of aryl methyl sites for hydroxylation is 2. The number of aromatic nitrogens is 2. The first-order valence-corrected chi connectivity index (χ1v) is 9.40. The summed E-state index contributed by atoms with van der Waals surface area (Å²) in [5.74, 6) is -1.17. The number of fused-ring (bicyclic) bond motifs is 2. The van der Waals surface area contributed by atoms with E-state index < -0.39 is 17.8 Å². The monoisotopic (exact) mass is 401 g/mol. The molecule has 2 aromatic heterocycles. The number of carbonyl (C=O) groups is 1. The molecule has 7 heteroatoms. The molecule has 1 unspecified atom stereocenters. The second-order valence-corrected chi connectivity index (χ2v) is 7.25. The first kappa shape index (κ1) is 18.2. The maximum atomic E-state index is 14.8. The van der Waals surface area contributed by atoms with E-state index in [2.05, 4.69) is 9.97 Å². The highest BCUT2D eigenvalue weighted by Crippen LogP contribution is 2.40. The molecule has 0 saturated carbocycles. The number of halogens is 1. The molecule has 4 aromatic rings. The Kier molecular flexibility index (Phi) is 3.99. The molecule has 6 nitrogen and oxygen atoms in total. The third kappa shape index (κ3) is 2.55. The van der Waals surface area contributed by atoms with Crippen LogP contribution < -0.4 is 10.3 Å². The van der Waals surface area contributed by atoms with Crippen molar-refractivity contribution in [3.8, 4) is 0 Å². The summed E-state index contributed by atoms with van der Waals surface area (Å²) in [7, 11) is 0. The Bertz CT molecular complexity index is 1380. The molecule has 0 N–H and O–H groups in total. The van der Waals surface area contributed by atoms with Crippen LogP contribution in [0.5, 0.6) is 0 Å². The zero-order chi connectivity index (χ0) is 21.0. The van der Waals surface area contributed by atoms with Crippen LogP contribution in [-0.2, 0) is 0 Å². The fourth-order valence-electron chi connectivity index (χ4n) is 3.84. The van der Waals surface area contributed by atoms with Gasteiger partial charge in [-0.25, -0.2) is 14.4 Å². The molecule has 30 heavy (non-hydrogen) atoms. The molecule has 0 fully saturated rings. The zero-order valence-corrected chi connectivity index (χ0v) is 16.2. The van der Waals surface area contributed by atoms with Crippen LogP contribution in [0.3, 0.4) is 0 Å². The number of hydrogen-bond donors (Lipinski definition) is 0. The minimum atomic E-state index is -1.03. The topological polar surface area (TPSA) is 76.3 Å². The van der Waals surface area contributed by atoms with Gasteiger partial charge in [0.05, 0.1) is 10.9 Å². The van der Waals surface area contributed by atoms with Crippen LogP contribution in [0.2, 0.25) is 0 Å². The highest BCUT2D eigenvalue weighted by atomic mass is 19.1. The average Bonchev–Trinajstić information content (AvgIpc) is 3.03. The molecule has 0 bridgehead atoms. The minimum Gasteiger partial charge on any atom is -0.450 e. The molecule has 1 aliphatic heterocycles. The van der Waals surface area contributed by atoms with Crippen molar-refractivity contribution < 1.29 is 13.6 Å². The van der Waals surface area contributed by atoms with E-state index in [0.717, 1.165) is 11.1 Å². The van der Waals surface area contributed by atoms with Gasteiger partial charge in [0.1, 0.15) is 17.4 Å². The zero-order valence-electron chi connectivity index (χ0n) is 16.2. The highest BCUT2D eigenvalue weighted by molar-refractivity contribution is 6.09. The fourth-order valence-corrected chi connectivity index (χ4v) is 3.84. The van der Waals surface area contributed by atoms with Crippen LogP contribution in [0.1, 0.15) is 38.9 Å². The average molecular weight is 401 g/mol. The first-order valence-electron chi connectivity index (χ1n) is 9.40. The van der Waals surface area contributed by atoms with Gasteiger partial charge in [0.25, 0.3) is 5.91 Å². The molecule has 0 saturated heterocycles. The molecule has 3 heterocycles. The van der Waals surface area contributed by atoms with Crippen LogP contribution in [0.4, 0.5) is 10.3 Å². The Morgan fingerprint density at radius 1 is 1.00 bits per heavy atom. The summed E-state index contributed by atoms with van der Waals surface area (Å²) in [4.78, 5) is 36.4. The Morgan fingerprint density at radius 2 is 1.70 bits per heavy atom.